The van der Waals surface area contributed by atoms with Crippen molar-refractivity contribution >= 4 is 29.4 Å². The summed E-state index contributed by atoms with van der Waals surface area (Å²) in [5, 5.41) is 9.79. The van der Waals surface area contributed by atoms with Crippen molar-refractivity contribution in [3.8, 4) is 0 Å². The Morgan fingerprint density at radius 1 is 0.931 bits per heavy atom. The smallest absolute Gasteiger partial charge is 0.245 e. The summed E-state index contributed by atoms with van der Waals surface area (Å²) in [5.41, 5.74) is 0. The van der Waals surface area contributed by atoms with Gasteiger partial charge in [-0.3, -0.25) is 10.0 Å². The lowest BCUT2D eigenvalue weighted by molar-refractivity contribution is -0.159. The Balaban J connectivity index is 1.53. The van der Waals surface area contributed by atoms with Crippen molar-refractivity contribution in [3.63, 3.8) is 0 Å². The molecule has 2 heterocycles. The average molecular weight is 446 g/mol. The van der Waals surface area contributed by atoms with Gasteiger partial charge in [-0.2, -0.15) is 23.5 Å². The third-order valence-corrected chi connectivity index (χ3v) is 8.76. The van der Waals surface area contributed by atoms with E-state index in [1.807, 2.05) is 11.8 Å². The highest BCUT2D eigenvalue weighted by atomic mass is 32.2. The van der Waals surface area contributed by atoms with Gasteiger partial charge < -0.3 is 4.74 Å². The van der Waals surface area contributed by atoms with Gasteiger partial charge in [0.1, 0.15) is 0 Å². The molecule has 4 atom stereocenters. The first-order valence-corrected chi connectivity index (χ1v) is 14.2. The predicted molar refractivity (Wildman–Crippen MR) is 126 cm³/mol. The first-order chi connectivity index (χ1) is 14.1. The Morgan fingerprint density at radius 2 is 1.59 bits per heavy atom. The van der Waals surface area contributed by atoms with Gasteiger partial charge >= 0.3 is 0 Å². The molecule has 0 aliphatic carbocycles. The minimum Gasteiger partial charge on any atom is -0.374 e. The van der Waals surface area contributed by atoms with Crippen molar-refractivity contribution in [3.05, 3.63) is 0 Å². The van der Waals surface area contributed by atoms with Crippen molar-refractivity contribution < 1.29 is 14.7 Å². The molecule has 4 nitrogen and oxygen atoms in total. The van der Waals surface area contributed by atoms with Crippen LogP contribution in [0.25, 0.3) is 0 Å². The fourth-order valence-electron chi connectivity index (χ4n) is 4.68. The Morgan fingerprint density at radius 3 is 2.31 bits per heavy atom. The summed E-state index contributed by atoms with van der Waals surface area (Å²) in [6, 6.07) is 0. The minimum absolute atomic E-state index is 0.185. The molecule has 6 heteroatoms. The highest BCUT2D eigenvalue weighted by Gasteiger charge is 2.47. The SMILES string of the molecule is CCCCCCSCCCCC1C2CCC(O2)C1CSCCCCC(=O)N(C)O. The summed E-state index contributed by atoms with van der Waals surface area (Å²) in [6.45, 7) is 2.28. The second kappa shape index (κ2) is 15.0. The highest BCUT2D eigenvalue weighted by Crippen LogP contribution is 2.46. The van der Waals surface area contributed by atoms with Crippen molar-refractivity contribution in [2.75, 3.05) is 30.1 Å². The number of amides is 1. The number of nitrogens with zero attached hydrogens (tertiary/aromatic N) is 1. The Bertz CT molecular complexity index is 450. The van der Waals surface area contributed by atoms with E-state index >= 15 is 0 Å². The van der Waals surface area contributed by atoms with E-state index in [1.165, 1.54) is 82.1 Å². The van der Waals surface area contributed by atoms with Gasteiger partial charge in [0.05, 0.1) is 12.2 Å². The van der Waals surface area contributed by atoms with E-state index < -0.39 is 0 Å². The van der Waals surface area contributed by atoms with Crippen molar-refractivity contribution in [2.45, 2.75) is 96.2 Å². The van der Waals surface area contributed by atoms with E-state index in [0.717, 1.165) is 30.4 Å². The molecule has 0 spiro atoms. The third-order valence-electron chi connectivity index (χ3n) is 6.41. The van der Waals surface area contributed by atoms with Crippen LogP contribution in [0.15, 0.2) is 0 Å². The van der Waals surface area contributed by atoms with E-state index in [2.05, 4.69) is 18.7 Å². The van der Waals surface area contributed by atoms with Gasteiger partial charge in [-0.25, -0.2) is 5.06 Å². The molecule has 1 amide bonds. The van der Waals surface area contributed by atoms with Crippen LogP contribution in [-0.4, -0.2) is 58.4 Å². The van der Waals surface area contributed by atoms with Crippen LogP contribution in [0, 0.1) is 11.8 Å². The number of carbonyl (C=O) groups is 1. The Labute approximate surface area is 187 Å². The molecule has 2 rings (SSSR count). The van der Waals surface area contributed by atoms with Crippen LogP contribution in [0.5, 0.6) is 0 Å². The van der Waals surface area contributed by atoms with Crippen LogP contribution in [0.2, 0.25) is 0 Å². The molecule has 0 radical (unpaired) electrons. The van der Waals surface area contributed by atoms with Gasteiger partial charge in [-0.1, -0.05) is 32.6 Å². The summed E-state index contributed by atoms with van der Waals surface area (Å²) < 4.78 is 6.27. The van der Waals surface area contributed by atoms with E-state index in [9.17, 15) is 4.79 Å². The number of hydrogen-bond donors (Lipinski definition) is 1. The van der Waals surface area contributed by atoms with Gasteiger partial charge in [-0.05, 0) is 79.8 Å². The second-order valence-electron chi connectivity index (χ2n) is 8.74. The van der Waals surface area contributed by atoms with Crippen molar-refractivity contribution in [2.24, 2.45) is 11.8 Å². The molecule has 2 aliphatic rings. The van der Waals surface area contributed by atoms with Gasteiger partial charge in [0.15, 0.2) is 0 Å². The van der Waals surface area contributed by atoms with Crippen LogP contribution in [-0.2, 0) is 9.53 Å². The van der Waals surface area contributed by atoms with E-state index in [-0.39, 0.29) is 5.91 Å². The normalized spacial score (nSPS) is 25.6. The topological polar surface area (TPSA) is 49.8 Å². The van der Waals surface area contributed by atoms with Crippen LogP contribution in [0.3, 0.4) is 0 Å². The van der Waals surface area contributed by atoms with Crippen LogP contribution in [0.4, 0.5) is 0 Å². The first kappa shape index (κ1) is 25.4. The van der Waals surface area contributed by atoms with Gasteiger partial charge in [0.2, 0.25) is 5.91 Å². The average Bonchev–Trinajstić information content (AvgIpc) is 3.31. The maximum Gasteiger partial charge on any atom is 0.245 e. The van der Waals surface area contributed by atoms with E-state index in [1.54, 1.807) is 0 Å². The number of hydroxylamine groups is 2. The fourth-order valence-corrected chi connectivity index (χ4v) is 7.01. The molecule has 1 N–H and O–H groups in total. The monoisotopic (exact) mass is 445 g/mol. The maximum absolute atomic E-state index is 11.4. The number of unbranched alkanes of at least 4 members (excludes halogenated alkanes) is 5. The standard InChI is InChI=1S/C23H43NO3S2/c1-3-4-5-8-15-28-16-9-6-11-19-20(22-14-13-21(19)27-22)18-29-17-10-7-12-23(25)24(2)26/h19-22,26H,3-18H2,1-2H3. The molecule has 0 aromatic heterocycles. The zero-order valence-corrected chi connectivity index (χ0v) is 20.3. The van der Waals surface area contributed by atoms with Crippen LogP contribution in [0.1, 0.15) is 84.0 Å². The lowest BCUT2D eigenvalue weighted by Gasteiger charge is -2.27. The zero-order valence-electron chi connectivity index (χ0n) is 18.7. The molecule has 0 aromatic rings. The molecule has 0 saturated carbocycles. The molecule has 2 fully saturated rings. The lowest BCUT2D eigenvalue weighted by atomic mass is 9.78. The summed E-state index contributed by atoms with van der Waals surface area (Å²) in [5.74, 6) is 6.33. The molecule has 4 unspecified atom stereocenters. The number of thioether (sulfide) groups is 2. The molecule has 29 heavy (non-hydrogen) atoms. The van der Waals surface area contributed by atoms with Crippen LogP contribution >= 0.6 is 23.5 Å². The molecule has 2 saturated heterocycles. The molecular formula is C23H43NO3S2. The summed E-state index contributed by atoms with van der Waals surface area (Å²) in [7, 11) is 1.40. The number of fused-ring (bicyclic) bond motifs is 2. The summed E-state index contributed by atoms with van der Waals surface area (Å²) in [4.78, 5) is 11.4. The van der Waals surface area contributed by atoms with E-state index in [0.29, 0.717) is 23.7 Å². The summed E-state index contributed by atoms with van der Waals surface area (Å²) in [6.07, 6.45) is 15.5. The largest absolute Gasteiger partial charge is 0.374 e. The summed E-state index contributed by atoms with van der Waals surface area (Å²) >= 11 is 4.19. The number of hydrogen-bond acceptors (Lipinski definition) is 5. The highest BCUT2D eigenvalue weighted by molar-refractivity contribution is 7.99. The molecular weight excluding hydrogens is 402 g/mol. The Hall–Kier alpha value is 0.0900. The second-order valence-corrected chi connectivity index (χ2v) is 11.1. The van der Waals surface area contributed by atoms with Gasteiger partial charge in [0.25, 0.3) is 0 Å². The lowest BCUT2D eigenvalue weighted by Crippen LogP contribution is -2.29. The molecule has 2 aliphatic heterocycles. The molecule has 0 aromatic carbocycles. The first-order valence-electron chi connectivity index (χ1n) is 11.9. The number of rotatable bonds is 17. The number of ether oxygens (including phenoxy) is 1. The van der Waals surface area contributed by atoms with Gasteiger partial charge in [-0.15, -0.1) is 0 Å². The predicted octanol–water partition coefficient (Wildman–Crippen LogP) is 6.01. The van der Waals surface area contributed by atoms with Gasteiger partial charge in [0, 0.05) is 13.5 Å². The molecule has 2 bridgehead atoms. The number of carbonyl (C=O) groups excluding carboxylic acids is 1. The quantitative estimate of drug-likeness (QED) is 0.169. The molecule has 170 valence electrons. The van der Waals surface area contributed by atoms with E-state index in [4.69, 9.17) is 9.94 Å². The van der Waals surface area contributed by atoms with Crippen molar-refractivity contribution in [1.82, 2.24) is 5.06 Å². The Kier molecular flexibility index (Phi) is 13.1. The van der Waals surface area contributed by atoms with Crippen molar-refractivity contribution in [1.29, 1.82) is 0 Å². The third kappa shape index (κ3) is 9.40. The maximum atomic E-state index is 11.4. The zero-order chi connectivity index (χ0) is 20.9. The fraction of sp³-hybridized carbons (Fsp3) is 0.957. The van der Waals surface area contributed by atoms with Crippen LogP contribution < -0.4 is 0 Å². The minimum atomic E-state index is -0.185.